The molecule has 1 aromatic carbocycles. The van der Waals surface area contributed by atoms with Crippen molar-refractivity contribution in [1.82, 2.24) is 20.0 Å². The van der Waals surface area contributed by atoms with Gasteiger partial charge in [0.1, 0.15) is 0 Å². The number of amides is 1. The summed E-state index contributed by atoms with van der Waals surface area (Å²) in [4.78, 5) is 14.8. The quantitative estimate of drug-likeness (QED) is 0.903. The second-order valence-electron chi connectivity index (χ2n) is 5.65. The summed E-state index contributed by atoms with van der Waals surface area (Å²) in [5, 5.41) is 8.68. The predicted molar refractivity (Wildman–Crippen MR) is 91.1 cm³/mol. The van der Waals surface area contributed by atoms with Gasteiger partial charge in [-0.1, -0.05) is 35.3 Å². The number of hydrogen-bond acceptors (Lipinski definition) is 3. The topological polar surface area (TPSA) is 50.2 Å². The third kappa shape index (κ3) is 3.09. The van der Waals surface area contributed by atoms with E-state index in [0.717, 1.165) is 17.8 Å². The van der Waals surface area contributed by atoms with Crippen molar-refractivity contribution in [3.8, 4) is 0 Å². The number of aromatic nitrogens is 2. The molecular formula is C16H18Cl2N4O. The number of carbonyl (C=O) groups is 1. The van der Waals surface area contributed by atoms with Crippen molar-refractivity contribution in [1.29, 1.82) is 0 Å². The maximum absolute atomic E-state index is 13.0. The second kappa shape index (κ2) is 6.51. The standard InChI is InChI=1S/C16H18Cl2N4O/c1-10-14(18)15(20-21(10)2)16(23)22-7-6-19-9-13(22)11-4-3-5-12(17)8-11/h3-5,8,13,19H,6-7,9H2,1-2H3. The molecule has 1 saturated heterocycles. The molecule has 0 bridgehead atoms. The molecule has 0 saturated carbocycles. The molecule has 5 nitrogen and oxygen atoms in total. The molecule has 0 radical (unpaired) electrons. The number of aryl methyl sites for hydroxylation is 1. The Kier molecular flexibility index (Phi) is 4.62. The molecule has 1 aromatic heterocycles. The molecule has 1 fully saturated rings. The molecule has 7 heteroatoms. The molecule has 1 amide bonds. The third-order valence-corrected chi connectivity index (χ3v) is 4.89. The van der Waals surface area contributed by atoms with Crippen molar-refractivity contribution in [3.05, 3.63) is 51.3 Å². The molecule has 23 heavy (non-hydrogen) atoms. The first kappa shape index (κ1) is 16.3. The predicted octanol–water partition coefficient (Wildman–Crippen LogP) is 2.82. The van der Waals surface area contributed by atoms with Gasteiger partial charge in [-0.15, -0.1) is 0 Å². The van der Waals surface area contributed by atoms with E-state index in [1.165, 1.54) is 0 Å². The fourth-order valence-corrected chi connectivity index (χ4v) is 3.25. The van der Waals surface area contributed by atoms with E-state index >= 15 is 0 Å². The first-order valence-electron chi connectivity index (χ1n) is 7.45. The highest BCUT2D eigenvalue weighted by Gasteiger charge is 2.31. The monoisotopic (exact) mass is 352 g/mol. The van der Waals surface area contributed by atoms with Gasteiger partial charge in [-0.3, -0.25) is 9.48 Å². The van der Waals surface area contributed by atoms with E-state index in [-0.39, 0.29) is 11.9 Å². The Morgan fingerprint density at radius 1 is 1.39 bits per heavy atom. The molecule has 1 aliphatic rings. The first-order valence-corrected chi connectivity index (χ1v) is 8.21. The summed E-state index contributed by atoms with van der Waals surface area (Å²) in [6.07, 6.45) is 0. The lowest BCUT2D eigenvalue weighted by atomic mass is 10.0. The molecule has 1 unspecified atom stereocenters. The van der Waals surface area contributed by atoms with Crippen molar-refractivity contribution in [2.75, 3.05) is 19.6 Å². The average molecular weight is 353 g/mol. The van der Waals surface area contributed by atoms with Crippen LogP contribution in [0.1, 0.15) is 27.8 Å². The van der Waals surface area contributed by atoms with Crippen LogP contribution in [0.4, 0.5) is 0 Å². The zero-order valence-corrected chi connectivity index (χ0v) is 14.5. The Balaban J connectivity index is 1.95. The van der Waals surface area contributed by atoms with Crippen LogP contribution in [-0.4, -0.2) is 40.2 Å². The van der Waals surface area contributed by atoms with E-state index in [9.17, 15) is 4.79 Å². The summed E-state index contributed by atoms with van der Waals surface area (Å²) in [5.41, 5.74) is 2.09. The Morgan fingerprint density at radius 2 is 2.17 bits per heavy atom. The maximum atomic E-state index is 13.0. The third-order valence-electron chi connectivity index (χ3n) is 4.20. The molecule has 2 heterocycles. The van der Waals surface area contributed by atoms with E-state index in [4.69, 9.17) is 23.2 Å². The van der Waals surface area contributed by atoms with Crippen LogP contribution in [0.3, 0.4) is 0 Å². The molecule has 2 aromatic rings. The van der Waals surface area contributed by atoms with Gasteiger partial charge in [0.15, 0.2) is 5.69 Å². The highest BCUT2D eigenvalue weighted by atomic mass is 35.5. The van der Waals surface area contributed by atoms with Crippen LogP contribution in [0.2, 0.25) is 10.0 Å². The normalized spacial score (nSPS) is 18.3. The SMILES string of the molecule is Cc1c(Cl)c(C(=O)N2CCNCC2c2cccc(Cl)c2)nn1C. The van der Waals surface area contributed by atoms with E-state index in [1.54, 1.807) is 11.7 Å². The van der Waals surface area contributed by atoms with Gasteiger partial charge < -0.3 is 10.2 Å². The summed E-state index contributed by atoms with van der Waals surface area (Å²) in [6, 6.07) is 7.51. The highest BCUT2D eigenvalue weighted by Crippen LogP contribution is 2.28. The van der Waals surface area contributed by atoms with Gasteiger partial charge in [-0.25, -0.2) is 0 Å². The van der Waals surface area contributed by atoms with Crippen LogP contribution in [-0.2, 0) is 7.05 Å². The molecule has 1 N–H and O–H groups in total. The van der Waals surface area contributed by atoms with Crippen molar-refractivity contribution >= 4 is 29.1 Å². The average Bonchev–Trinajstić information content (AvgIpc) is 2.82. The van der Waals surface area contributed by atoms with Crippen LogP contribution in [0.5, 0.6) is 0 Å². The van der Waals surface area contributed by atoms with Crippen LogP contribution in [0.15, 0.2) is 24.3 Å². The molecular weight excluding hydrogens is 335 g/mol. The minimum Gasteiger partial charge on any atom is -0.328 e. The van der Waals surface area contributed by atoms with Crippen LogP contribution in [0.25, 0.3) is 0 Å². The fraction of sp³-hybridized carbons (Fsp3) is 0.375. The van der Waals surface area contributed by atoms with Gasteiger partial charge in [0.2, 0.25) is 0 Å². The lowest BCUT2D eigenvalue weighted by Gasteiger charge is -2.36. The van der Waals surface area contributed by atoms with Crippen LogP contribution >= 0.6 is 23.2 Å². The zero-order chi connectivity index (χ0) is 16.6. The van der Waals surface area contributed by atoms with Crippen molar-refractivity contribution < 1.29 is 4.79 Å². The van der Waals surface area contributed by atoms with E-state index in [0.29, 0.717) is 28.8 Å². The Morgan fingerprint density at radius 3 is 2.83 bits per heavy atom. The summed E-state index contributed by atoms with van der Waals surface area (Å²) in [6.45, 7) is 3.86. The molecule has 0 spiro atoms. The second-order valence-corrected chi connectivity index (χ2v) is 6.46. The smallest absolute Gasteiger partial charge is 0.276 e. The number of nitrogens with zero attached hydrogens (tertiary/aromatic N) is 3. The van der Waals surface area contributed by atoms with Gasteiger partial charge in [0.05, 0.1) is 16.8 Å². The minimum absolute atomic E-state index is 0.0895. The van der Waals surface area contributed by atoms with Gasteiger partial charge >= 0.3 is 0 Å². The number of carbonyl (C=O) groups excluding carboxylic acids is 1. The van der Waals surface area contributed by atoms with Crippen molar-refractivity contribution in [2.45, 2.75) is 13.0 Å². The zero-order valence-electron chi connectivity index (χ0n) is 13.0. The van der Waals surface area contributed by atoms with Gasteiger partial charge in [-0.2, -0.15) is 5.10 Å². The highest BCUT2D eigenvalue weighted by molar-refractivity contribution is 6.34. The Bertz CT molecular complexity index is 744. The molecule has 0 aliphatic carbocycles. The summed E-state index contributed by atoms with van der Waals surface area (Å²) in [7, 11) is 1.78. The number of benzene rings is 1. The van der Waals surface area contributed by atoms with E-state index in [1.807, 2.05) is 36.1 Å². The lowest BCUT2D eigenvalue weighted by Crippen LogP contribution is -2.48. The maximum Gasteiger partial charge on any atom is 0.276 e. The van der Waals surface area contributed by atoms with Gasteiger partial charge in [0.25, 0.3) is 5.91 Å². The lowest BCUT2D eigenvalue weighted by molar-refractivity contribution is 0.0627. The number of rotatable bonds is 2. The number of nitrogens with one attached hydrogen (secondary N) is 1. The van der Waals surface area contributed by atoms with Gasteiger partial charge in [-0.05, 0) is 24.6 Å². The first-order chi connectivity index (χ1) is 11.0. The van der Waals surface area contributed by atoms with Crippen molar-refractivity contribution in [2.24, 2.45) is 7.05 Å². The Hall–Kier alpha value is -1.56. The minimum atomic E-state index is -0.148. The van der Waals surface area contributed by atoms with Crippen LogP contribution < -0.4 is 5.32 Å². The summed E-state index contributed by atoms with van der Waals surface area (Å²) < 4.78 is 1.63. The molecule has 1 aliphatic heterocycles. The molecule has 3 rings (SSSR count). The van der Waals surface area contributed by atoms with E-state index in [2.05, 4.69) is 10.4 Å². The number of piperazine rings is 1. The Labute approximate surface area is 145 Å². The largest absolute Gasteiger partial charge is 0.328 e. The van der Waals surface area contributed by atoms with Gasteiger partial charge in [0, 0.05) is 31.7 Å². The fourth-order valence-electron chi connectivity index (χ4n) is 2.81. The summed E-state index contributed by atoms with van der Waals surface area (Å²) in [5.74, 6) is -0.148. The van der Waals surface area contributed by atoms with Crippen molar-refractivity contribution in [3.63, 3.8) is 0 Å². The number of hydrogen-bond donors (Lipinski definition) is 1. The van der Waals surface area contributed by atoms with E-state index < -0.39 is 0 Å². The molecule has 122 valence electrons. The summed E-state index contributed by atoms with van der Waals surface area (Å²) >= 11 is 12.4. The van der Waals surface area contributed by atoms with Crippen LogP contribution in [0, 0.1) is 6.92 Å². The molecule has 1 atom stereocenters. The number of halogens is 2.